The Hall–Kier alpha value is -5.21. The van der Waals surface area contributed by atoms with Crippen molar-refractivity contribution in [3.8, 4) is 28.1 Å². The number of hydrogen-bond donors (Lipinski definition) is 2. The van der Waals surface area contributed by atoms with Crippen LogP contribution in [-0.2, 0) is 22.7 Å². The van der Waals surface area contributed by atoms with Gasteiger partial charge in [-0.15, -0.1) is 0 Å². The van der Waals surface area contributed by atoms with Crippen molar-refractivity contribution in [1.82, 2.24) is 4.57 Å². The summed E-state index contributed by atoms with van der Waals surface area (Å²) in [6.45, 7) is 4.92. The summed E-state index contributed by atoms with van der Waals surface area (Å²) in [4.78, 5) is 26.6. The minimum atomic E-state index is -0.751. The molecule has 48 heavy (non-hydrogen) atoms. The second kappa shape index (κ2) is 14.7. The van der Waals surface area contributed by atoms with Crippen molar-refractivity contribution in [1.29, 1.82) is 0 Å². The van der Waals surface area contributed by atoms with Crippen molar-refractivity contribution in [3.05, 3.63) is 132 Å². The maximum Gasteiger partial charge on any atom is 0.308 e. The van der Waals surface area contributed by atoms with Crippen molar-refractivity contribution < 1.29 is 28.6 Å². The Labute approximate surface area is 280 Å². The molecule has 0 aliphatic carbocycles. The lowest BCUT2D eigenvalue weighted by Gasteiger charge is -2.27. The van der Waals surface area contributed by atoms with Crippen LogP contribution >= 0.6 is 0 Å². The minimum Gasteiger partial charge on any atom is -0.489 e. The van der Waals surface area contributed by atoms with E-state index in [0.717, 1.165) is 33.6 Å². The van der Waals surface area contributed by atoms with Gasteiger partial charge in [-0.2, -0.15) is 0 Å². The zero-order valence-corrected chi connectivity index (χ0v) is 27.1. The lowest BCUT2D eigenvalue weighted by Crippen LogP contribution is -2.33. The van der Waals surface area contributed by atoms with E-state index in [1.54, 1.807) is 12.1 Å². The lowest BCUT2D eigenvalue weighted by atomic mass is 9.94. The summed E-state index contributed by atoms with van der Waals surface area (Å²) in [5, 5.41) is 13.4. The molecule has 2 heterocycles. The molecule has 6 rings (SSSR count). The summed E-state index contributed by atoms with van der Waals surface area (Å²) < 4.78 is 27.8. The molecule has 4 aromatic carbocycles. The maximum absolute atomic E-state index is 14.5. The van der Waals surface area contributed by atoms with Gasteiger partial charge in [0.15, 0.2) is 0 Å². The van der Waals surface area contributed by atoms with E-state index in [2.05, 4.69) is 9.88 Å². The second-order valence-corrected chi connectivity index (χ2v) is 12.4. The van der Waals surface area contributed by atoms with Crippen LogP contribution in [0, 0.1) is 5.82 Å². The quantitative estimate of drug-likeness (QED) is 0.141. The van der Waals surface area contributed by atoms with E-state index in [9.17, 15) is 19.1 Å². The molecule has 1 aliphatic rings. The average molecular weight is 647 g/mol. The number of carbonyl (C=O) groups is 2. The van der Waals surface area contributed by atoms with E-state index in [1.807, 2.05) is 98.8 Å². The Bertz CT molecular complexity index is 1850. The van der Waals surface area contributed by atoms with Crippen molar-refractivity contribution in [2.75, 3.05) is 5.32 Å². The molecule has 8 heteroatoms. The van der Waals surface area contributed by atoms with Gasteiger partial charge in [0, 0.05) is 36.3 Å². The molecule has 0 saturated carbocycles. The number of aliphatic hydroxyl groups excluding tert-OH is 1. The van der Waals surface area contributed by atoms with Crippen LogP contribution in [0.25, 0.3) is 22.4 Å². The Morgan fingerprint density at radius 1 is 0.938 bits per heavy atom. The number of carbonyl (C=O) groups excluding carboxylic acids is 2. The van der Waals surface area contributed by atoms with Gasteiger partial charge in [-0.1, -0.05) is 74.5 Å². The summed E-state index contributed by atoms with van der Waals surface area (Å²) in [6, 6.07) is 33.2. The normalized spacial score (nSPS) is 16.1. The highest BCUT2D eigenvalue weighted by Gasteiger charge is 2.32. The predicted molar refractivity (Wildman–Crippen MR) is 184 cm³/mol. The Balaban J connectivity index is 1.40. The van der Waals surface area contributed by atoms with Crippen LogP contribution in [-0.4, -0.2) is 33.8 Å². The number of nitrogens with one attached hydrogen (secondary N) is 1. The Morgan fingerprint density at radius 3 is 2.25 bits per heavy atom. The number of hydrogen-bond acceptors (Lipinski definition) is 5. The molecular formula is C40H39FN2O5. The molecule has 0 unspecified atom stereocenters. The minimum absolute atomic E-state index is 0.0132. The van der Waals surface area contributed by atoms with Crippen LogP contribution in [0.1, 0.15) is 60.6 Å². The molecular weight excluding hydrogens is 607 g/mol. The van der Waals surface area contributed by atoms with Crippen molar-refractivity contribution >= 4 is 17.6 Å². The molecule has 7 nitrogen and oxygen atoms in total. The summed E-state index contributed by atoms with van der Waals surface area (Å²) in [7, 11) is 0. The van der Waals surface area contributed by atoms with Crippen LogP contribution in [0.3, 0.4) is 0 Å². The molecule has 0 spiro atoms. The summed E-state index contributed by atoms with van der Waals surface area (Å²) in [5.41, 5.74) is 6.07. The van der Waals surface area contributed by atoms with Gasteiger partial charge in [-0.25, -0.2) is 4.39 Å². The lowest BCUT2D eigenvalue weighted by molar-refractivity contribution is -0.160. The molecule has 0 radical (unpaired) electrons. The van der Waals surface area contributed by atoms with E-state index >= 15 is 0 Å². The summed E-state index contributed by atoms with van der Waals surface area (Å²) in [6.07, 6.45) is -0.450. The van der Waals surface area contributed by atoms with Gasteiger partial charge in [0.1, 0.15) is 24.3 Å². The van der Waals surface area contributed by atoms with Crippen LogP contribution < -0.4 is 10.1 Å². The standard InChI is InChI=1S/C40H39FN2O5/c1-26(2)38-37(40(46)42-31-17-19-33(20-18-31)47-25-27-9-5-3-6-10-27)36(28-11-7-4-8-12-28)39(29-13-15-30(41)16-14-29)43(38)22-21-34-23-32(44)24-35(45)48-34/h3-20,26,32,34,44H,21-25H2,1-2H3,(H,42,46)/t32-,34-/m1/s1. The first-order valence-electron chi connectivity index (χ1n) is 16.3. The Kier molecular flexibility index (Phi) is 10.0. The second-order valence-electron chi connectivity index (χ2n) is 12.4. The zero-order valence-electron chi connectivity index (χ0n) is 27.1. The molecule has 246 valence electrons. The molecule has 1 aromatic heterocycles. The van der Waals surface area contributed by atoms with Crippen LogP contribution in [0.4, 0.5) is 10.1 Å². The van der Waals surface area contributed by atoms with Crippen LogP contribution in [0.2, 0.25) is 0 Å². The number of anilines is 1. The molecule has 1 fully saturated rings. The highest BCUT2D eigenvalue weighted by molar-refractivity contribution is 6.12. The number of amides is 1. The van der Waals surface area contributed by atoms with Crippen LogP contribution in [0.15, 0.2) is 109 Å². The zero-order chi connectivity index (χ0) is 33.6. The molecule has 1 amide bonds. The molecule has 1 aliphatic heterocycles. The molecule has 2 N–H and O–H groups in total. The van der Waals surface area contributed by atoms with Gasteiger partial charge < -0.3 is 24.5 Å². The number of nitrogens with zero attached hydrogens (tertiary/aromatic N) is 1. The fourth-order valence-electron chi connectivity index (χ4n) is 6.37. The smallest absolute Gasteiger partial charge is 0.308 e. The SMILES string of the molecule is CC(C)c1c(C(=O)Nc2ccc(OCc3ccccc3)cc2)c(-c2ccccc2)c(-c2ccc(F)cc2)n1CC[C@@H]1C[C@@H](O)CC(=O)O1. The first kappa shape index (κ1) is 32.7. The van der Waals surface area contributed by atoms with E-state index in [-0.39, 0.29) is 24.1 Å². The number of aliphatic hydroxyl groups is 1. The predicted octanol–water partition coefficient (Wildman–Crippen LogP) is 8.37. The van der Waals surface area contributed by atoms with Gasteiger partial charge in [0.2, 0.25) is 0 Å². The monoisotopic (exact) mass is 646 g/mol. The fraction of sp³-hybridized carbons (Fsp3) is 0.250. The highest BCUT2D eigenvalue weighted by Crippen LogP contribution is 2.43. The van der Waals surface area contributed by atoms with Gasteiger partial charge in [-0.3, -0.25) is 9.59 Å². The van der Waals surface area contributed by atoms with Crippen molar-refractivity contribution in [3.63, 3.8) is 0 Å². The molecule has 5 aromatic rings. The van der Waals surface area contributed by atoms with Gasteiger partial charge in [0.05, 0.1) is 23.8 Å². The van der Waals surface area contributed by atoms with E-state index in [4.69, 9.17) is 9.47 Å². The first-order chi connectivity index (χ1) is 23.3. The highest BCUT2D eigenvalue weighted by atomic mass is 19.1. The maximum atomic E-state index is 14.5. The molecule has 0 bridgehead atoms. The average Bonchev–Trinajstić information content (AvgIpc) is 3.43. The largest absolute Gasteiger partial charge is 0.489 e. The topological polar surface area (TPSA) is 89.8 Å². The van der Waals surface area contributed by atoms with Gasteiger partial charge in [-0.05, 0) is 71.1 Å². The van der Waals surface area contributed by atoms with Gasteiger partial charge in [0.25, 0.3) is 5.91 Å². The molecule has 1 saturated heterocycles. The third kappa shape index (κ3) is 7.50. The first-order valence-corrected chi connectivity index (χ1v) is 16.3. The number of halogens is 1. The number of cyclic esters (lactones) is 1. The number of ether oxygens (including phenoxy) is 2. The Morgan fingerprint density at radius 2 is 1.60 bits per heavy atom. The van der Waals surface area contributed by atoms with Crippen molar-refractivity contribution in [2.45, 2.75) is 64.4 Å². The van der Waals surface area contributed by atoms with Crippen molar-refractivity contribution in [2.24, 2.45) is 0 Å². The summed E-state index contributed by atoms with van der Waals surface area (Å²) in [5.74, 6) is -0.467. The third-order valence-corrected chi connectivity index (χ3v) is 8.53. The number of benzene rings is 4. The van der Waals surface area contributed by atoms with Gasteiger partial charge >= 0.3 is 5.97 Å². The summed E-state index contributed by atoms with van der Waals surface area (Å²) >= 11 is 0. The third-order valence-electron chi connectivity index (χ3n) is 8.53. The number of esters is 1. The number of aromatic nitrogens is 1. The molecule has 2 atom stereocenters. The van der Waals surface area contributed by atoms with Crippen LogP contribution in [0.5, 0.6) is 5.75 Å². The van der Waals surface area contributed by atoms with E-state index in [0.29, 0.717) is 43.0 Å². The van der Waals surface area contributed by atoms with E-state index < -0.39 is 18.2 Å². The van der Waals surface area contributed by atoms with E-state index in [1.165, 1.54) is 12.1 Å². The fourth-order valence-corrected chi connectivity index (χ4v) is 6.37. The number of rotatable bonds is 11.